The highest BCUT2D eigenvalue weighted by atomic mass is 16.3. The summed E-state index contributed by atoms with van der Waals surface area (Å²) < 4.78 is 8.11. The Hall–Kier alpha value is -5.93. The normalized spacial score (nSPS) is 11.6. The van der Waals surface area contributed by atoms with Crippen LogP contribution in [-0.2, 0) is 0 Å². The Morgan fingerprint density at radius 3 is 1.95 bits per heavy atom. The number of benzene rings is 7. The van der Waals surface area contributed by atoms with Gasteiger partial charge < -0.3 is 4.42 Å². The Balaban J connectivity index is 1.20. The molecular formula is C41H26N2O. The first-order valence-corrected chi connectivity index (χ1v) is 14.9. The van der Waals surface area contributed by atoms with E-state index in [2.05, 4.69) is 144 Å². The Morgan fingerprint density at radius 2 is 1.11 bits per heavy atom. The van der Waals surface area contributed by atoms with Gasteiger partial charge in [-0.05, 0) is 74.6 Å². The summed E-state index contributed by atoms with van der Waals surface area (Å²) in [5, 5.41) is 5.94. The summed E-state index contributed by atoms with van der Waals surface area (Å²) in [5.74, 6) is 0.936. The lowest BCUT2D eigenvalue weighted by molar-refractivity contribution is 0.617. The summed E-state index contributed by atoms with van der Waals surface area (Å²) in [7, 11) is 0. The molecule has 44 heavy (non-hydrogen) atoms. The van der Waals surface area contributed by atoms with Crippen molar-refractivity contribution in [1.82, 2.24) is 9.55 Å². The summed E-state index contributed by atoms with van der Waals surface area (Å²) >= 11 is 0. The van der Waals surface area contributed by atoms with Crippen molar-refractivity contribution >= 4 is 43.5 Å². The largest absolute Gasteiger partial charge is 0.464 e. The summed E-state index contributed by atoms with van der Waals surface area (Å²) in [6.45, 7) is 0. The molecule has 0 saturated heterocycles. The molecule has 9 aromatic rings. The highest BCUT2D eigenvalue weighted by Gasteiger charge is 2.18. The van der Waals surface area contributed by atoms with Gasteiger partial charge >= 0.3 is 0 Å². The van der Waals surface area contributed by atoms with Crippen LogP contribution in [0.15, 0.2) is 162 Å². The number of para-hydroxylation sites is 3. The third-order valence-electron chi connectivity index (χ3n) is 8.70. The van der Waals surface area contributed by atoms with Gasteiger partial charge in [0.15, 0.2) is 0 Å². The van der Waals surface area contributed by atoms with Gasteiger partial charge in [0.25, 0.3) is 0 Å². The van der Waals surface area contributed by atoms with Crippen LogP contribution < -0.4 is 0 Å². The van der Waals surface area contributed by atoms with Crippen molar-refractivity contribution in [3.8, 4) is 39.3 Å². The van der Waals surface area contributed by atoms with Crippen molar-refractivity contribution < 1.29 is 4.42 Å². The summed E-state index contributed by atoms with van der Waals surface area (Å²) in [6.07, 6.45) is 1.85. The van der Waals surface area contributed by atoms with Gasteiger partial charge in [-0.3, -0.25) is 4.57 Å². The van der Waals surface area contributed by atoms with E-state index in [4.69, 9.17) is 9.40 Å². The number of furan rings is 1. The lowest BCUT2D eigenvalue weighted by Crippen LogP contribution is -1.98. The average molecular weight is 563 g/mol. The minimum Gasteiger partial charge on any atom is -0.464 e. The van der Waals surface area contributed by atoms with Gasteiger partial charge in [-0.25, -0.2) is 4.98 Å². The number of aromatic nitrogens is 2. The minimum atomic E-state index is 0.905. The topological polar surface area (TPSA) is 31.0 Å². The maximum absolute atomic E-state index is 5.81. The first-order chi connectivity index (χ1) is 21.8. The molecular weight excluding hydrogens is 536 g/mol. The molecule has 2 heterocycles. The molecule has 0 spiro atoms. The Kier molecular flexibility index (Phi) is 5.50. The van der Waals surface area contributed by atoms with Crippen LogP contribution in [0, 0.1) is 0 Å². The highest BCUT2D eigenvalue weighted by Crippen LogP contribution is 2.39. The molecule has 0 N–H and O–H groups in total. The van der Waals surface area contributed by atoms with Crippen LogP contribution in [-0.4, -0.2) is 9.55 Å². The van der Waals surface area contributed by atoms with Crippen LogP contribution in [0.3, 0.4) is 0 Å². The number of nitrogens with zero attached hydrogens (tertiary/aromatic N) is 2. The fourth-order valence-electron chi connectivity index (χ4n) is 6.56. The van der Waals surface area contributed by atoms with Crippen molar-refractivity contribution in [3.05, 3.63) is 158 Å². The molecule has 0 aliphatic heterocycles. The Labute approximate surface area is 254 Å². The van der Waals surface area contributed by atoms with Crippen molar-refractivity contribution in [2.24, 2.45) is 0 Å². The number of imidazole rings is 1. The van der Waals surface area contributed by atoms with Gasteiger partial charge in [-0.15, -0.1) is 0 Å². The second kappa shape index (κ2) is 9.82. The van der Waals surface area contributed by atoms with E-state index >= 15 is 0 Å². The molecule has 0 saturated carbocycles. The third-order valence-corrected chi connectivity index (χ3v) is 8.70. The fourth-order valence-corrected chi connectivity index (χ4v) is 6.56. The quantitative estimate of drug-likeness (QED) is 0.214. The lowest BCUT2D eigenvalue weighted by atomic mass is 9.93. The molecule has 0 radical (unpaired) electrons. The van der Waals surface area contributed by atoms with E-state index in [0.717, 1.165) is 50.2 Å². The molecule has 2 aromatic heterocycles. The molecule has 0 aliphatic carbocycles. The monoisotopic (exact) mass is 562 g/mol. The zero-order chi connectivity index (χ0) is 29.0. The number of fused-ring (bicyclic) bond motifs is 4. The predicted molar refractivity (Wildman–Crippen MR) is 182 cm³/mol. The van der Waals surface area contributed by atoms with Gasteiger partial charge in [0, 0.05) is 22.2 Å². The van der Waals surface area contributed by atoms with Crippen LogP contribution in [0.5, 0.6) is 0 Å². The van der Waals surface area contributed by atoms with E-state index < -0.39 is 0 Å². The lowest BCUT2D eigenvalue weighted by Gasteiger charge is -2.15. The molecule has 0 amide bonds. The molecule has 0 atom stereocenters. The summed E-state index contributed by atoms with van der Waals surface area (Å²) in [5.41, 5.74) is 9.80. The SMILES string of the molecule is c1ccc2cc(-n3c(-c4ccc(-c5ccc(-c6coc7ccccc67)cc5)c5ccccc45)nc4ccccc43)ccc2c1. The third kappa shape index (κ3) is 3.87. The van der Waals surface area contributed by atoms with E-state index in [9.17, 15) is 0 Å². The van der Waals surface area contributed by atoms with Crippen LogP contribution in [0.1, 0.15) is 0 Å². The molecule has 0 aliphatic rings. The molecule has 0 bridgehead atoms. The van der Waals surface area contributed by atoms with Gasteiger partial charge in [0.05, 0.1) is 17.3 Å². The predicted octanol–water partition coefficient (Wildman–Crippen LogP) is 11.1. The standard InChI is InChI=1S/C41H26N2O/c1-2-10-30-25-31(22-21-27(30)9-1)43-39-15-7-6-14-38(39)42-41(43)36-24-23-32(33-11-3-4-12-34(33)36)28-17-19-29(20-18-28)37-26-44-40-16-8-5-13-35(37)40/h1-26H. The first-order valence-electron chi connectivity index (χ1n) is 14.9. The maximum Gasteiger partial charge on any atom is 0.146 e. The smallest absolute Gasteiger partial charge is 0.146 e. The zero-order valence-corrected chi connectivity index (χ0v) is 23.8. The molecule has 0 unspecified atom stereocenters. The van der Waals surface area contributed by atoms with Crippen molar-refractivity contribution in [2.45, 2.75) is 0 Å². The maximum atomic E-state index is 5.81. The Bertz CT molecular complexity index is 2500. The second-order valence-corrected chi connectivity index (χ2v) is 11.2. The van der Waals surface area contributed by atoms with Crippen LogP contribution in [0.4, 0.5) is 0 Å². The van der Waals surface area contributed by atoms with E-state index in [1.165, 1.54) is 32.7 Å². The minimum absolute atomic E-state index is 0.905. The highest BCUT2D eigenvalue weighted by molar-refractivity contribution is 6.05. The molecule has 0 fully saturated rings. The number of rotatable bonds is 4. The van der Waals surface area contributed by atoms with Gasteiger partial charge in [-0.2, -0.15) is 0 Å². The molecule has 206 valence electrons. The van der Waals surface area contributed by atoms with E-state index in [0.29, 0.717) is 0 Å². The second-order valence-electron chi connectivity index (χ2n) is 11.2. The van der Waals surface area contributed by atoms with E-state index in [1.807, 2.05) is 18.4 Å². The van der Waals surface area contributed by atoms with Crippen molar-refractivity contribution in [2.75, 3.05) is 0 Å². The molecule has 3 heteroatoms. The molecule has 3 nitrogen and oxygen atoms in total. The van der Waals surface area contributed by atoms with Crippen LogP contribution in [0.2, 0.25) is 0 Å². The Morgan fingerprint density at radius 1 is 0.477 bits per heavy atom. The van der Waals surface area contributed by atoms with Gasteiger partial charge in [0.2, 0.25) is 0 Å². The summed E-state index contributed by atoms with van der Waals surface area (Å²) in [4.78, 5) is 5.21. The first kappa shape index (κ1) is 24.6. The zero-order valence-electron chi connectivity index (χ0n) is 23.8. The van der Waals surface area contributed by atoms with Crippen molar-refractivity contribution in [1.29, 1.82) is 0 Å². The molecule has 9 rings (SSSR count). The number of hydrogen-bond acceptors (Lipinski definition) is 2. The molecule has 7 aromatic carbocycles. The summed E-state index contributed by atoms with van der Waals surface area (Å²) in [6, 6.07) is 53.7. The fraction of sp³-hybridized carbons (Fsp3) is 0. The van der Waals surface area contributed by atoms with Crippen LogP contribution >= 0.6 is 0 Å². The van der Waals surface area contributed by atoms with Crippen molar-refractivity contribution in [3.63, 3.8) is 0 Å². The average Bonchev–Trinajstić information content (AvgIpc) is 3.70. The van der Waals surface area contributed by atoms with E-state index in [1.54, 1.807) is 0 Å². The van der Waals surface area contributed by atoms with Gasteiger partial charge in [-0.1, -0.05) is 115 Å². The van der Waals surface area contributed by atoms with Gasteiger partial charge in [0.1, 0.15) is 11.4 Å². The van der Waals surface area contributed by atoms with Crippen LogP contribution in [0.25, 0.3) is 82.9 Å². The van der Waals surface area contributed by atoms with E-state index in [-0.39, 0.29) is 0 Å². The number of hydrogen-bond donors (Lipinski definition) is 0.